The van der Waals surface area contributed by atoms with Crippen molar-refractivity contribution >= 4 is 22.5 Å². The number of nitrogens with one attached hydrogen (secondary N) is 1. The van der Waals surface area contributed by atoms with Crippen LogP contribution < -0.4 is 14.8 Å². The van der Waals surface area contributed by atoms with Gasteiger partial charge >= 0.3 is 5.91 Å². The highest BCUT2D eigenvalue weighted by molar-refractivity contribution is 6.04. The van der Waals surface area contributed by atoms with Gasteiger partial charge in [0, 0.05) is 35.7 Å². The third kappa shape index (κ3) is 4.08. The molecule has 2 heterocycles. The molecule has 2 aromatic heterocycles. The smallest absolute Gasteiger partial charge is 0.321 e. The fourth-order valence-electron chi connectivity index (χ4n) is 4.98. The molecule has 0 spiro atoms. The Morgan fingerprint density at radius 2 is 2.09 bits per heavy atom. The quantitative estimate of drug-likeness (QED) is 0.411. The molecule has 0 aliphatic heterocycles. The summed E-state index contributed by atoms with van der Waals surface area (Å²) in [5.41, 5.74) is 0.0882. The SMILES string of the molecule is CCC1(C#N)CCC(O)(n2cc3cc(NC(=O)c4cccc(C5CC5)[n+]4[O-])c(OC)cc3n2)CC1. The van der Waals surface area contributed by atoms with Gasteiger partial charge in [-0.1, -0.05) is 6.92 Å². The van der Waals surface area contributed by atoms with Crippen molar-refractivity contribution in [2.45, 2.75) is 63.5 Å². The van der Waals surface area contributed by atoms with E-state index in [9.17, 15) is 20.4 Å². The second kappa shape index (κ2) is 8.54. The van der Waals surface area contributed by atoms with Crippen LogP contribution in [0.15, 0.2) is 36.5 Å². The van der Waals surface area contributed by atoms with E-state index in [0.717, 1.165) is 19.3 Å². The molecule has 0 saturated heterocycles. The standard InChI is InChI=1S/C26H29N5O4/c1-3-25(16-27)9-11-26(33,12-10-25)30-15-18-13-20(23(35-2)14-19(18)29-30)28-24(32)22-6-4-5-21(31(22)34)17-7-8-17/h4-6,13-15,17,33H,3,7-12H2,1-2H3,(H,28,32). The van der Waals surface area contributed by atoms with E-state index in [1.807, 2.05) is 6.92 Å². The molecule has 35 heavy (non-hydrogen) atoms. The summed E-state index contributed by atoms with van der Waals surface area (Å²) in [5, 5.41) is 41.7. The second-order valence-corrected chi connectivity index (χ2v) is 9.77. The molecule has 2 aliphatic carbocycles. The number of anilines is 1. The molecule has 0 unspecified atom stereocenters. The van der Waals surface area contributed by atoms with Crippen LogP contribution in [-0.2, 0) is 5.72 Å². The van der Waals surface area contributed by atoms with Gasteiger partial charge in [0.15, 0.2) is 11.4 Å². The van der Waals surface area contributed by atoms with E-state index < -0.39 is 17.0 Å². The molecular weight excluding hydrogens is 446 g/mol. The highest BCUT2D eigenvalue weighted by Gasteiger charge is 2.42. The molecule has 182 valence electrons. The van der Waals surface area contributed by atoms with Crippen LogP contribution in [0.2, 0.25) is 0 Å². The lowest BCUT2D eigenvalue weighted by Gasteiger charge is -2.39. The highest BCUT2D eigenvalue weighted by Crippen LogP contribution is 2.45. The number of benzene rings is 1. The number of nitrogens with zero attached hydrogens (tertiary/aromatic N) is 4. The van der Waals surface area contributed by atoms with Crippen molar-refractivity contribution in [3.05, 3.63) is 53.1 Å². The second-order valence-electron chi connectivity index (χ2n) is 9.77. The van der Waals surface area contributed by atoms with Gasteiger partial charge in [-0.2, -0.15) is 15.1 Å². The summed E-state index contributed by atoms with van der Waals surface area (Å²) in [5.74, 6) is 0.0982. The topological polar surface area (TPSA) is 127 Å². The Balaban J connectivity index is 1.42. The molecule has 5 rings (SSSR count). The molecule has 0 bridgehead atoms. The Morgan fingerprint density at radius 1 is 1.34 bits per heavy atom. The van der Waals surface area contributed by atoms with E-state index >= 15 is 0 Å². The Bertz CT molecular complexity index is 1330. The zero-order chi connectivity index (χ0) is 24.8. The molecule has 0 radical (unpaired) electrons. The maximum absolute atomic E-state index is 13.0. The van der Waals surface area contributed by atoms with Crippen LogP contribution in [0.4, 0.5) is 5.69 Å². The lowest BCUT2D eigenvalue weighted by Crippen LogP contribution is -2.41. The number of hydrogen-bond donors (Lipinski definition) is 2. The summed E-state index contributed by atoms with van der Waals surface area (Å²) < 4.78 is 7.76. The summed E-state index contributed by atoms with van der Waals surface area (Å²) in [6, 6.07) is 10.9. The van der Waals surface area contributed by atoms with Crippen molar-refractivity contribution in [2.24, 2.45) is 5.41 Å². The zero-order valence-corrected chi connectivity index (χ0v) is 20.0. The number of fused-ring (bicyclic) bond motifs is 1. The van der Waals surface area contributed by atoms with Gasteiger partial charge < -0.3 is 20.4 Å². The first-order valence-corrected chi connectivity index (χ1v) is 12.1. The molecule has 2 aliphatic rings. The van der Waals surface area contributed by atoms with Gasteiger partial charge in [0.1, 0.15) is 5.75 Å². The average molecular weight is 476 g/mol. The lowest BCUT2D eigenvalue weighted by molar-refractivity contribution is -0.616. The molecule has 3 aromatic rings. The molecule has 2 fully saturated rings. The summed E-state index contributed by atoms with van der Waals surface area (Å²) in [7, 11) is 1.50. The number of nitriles is 1. The predicted octanol–water partition coefficient (Wildman–Crippen LogP) is 3.95. The van der Waals surface area contributed by atoms with Gasteiger partial charge in [-0.05, 0) is 57.1 Å². The van der Waals surface area contributed by atoms with Crippen LogP contribution >= 0.6 is 0 Å². The first kappa shape index (κ1) is 23.1. The maximum Gasteiger partial charge on any atom is 0.321 e. The van der Waals surface area contributed by atoms with Crippen LogP contribution in [-0.4, -0.2) is 27.9 Å². The number of ether oxygens (including phenoxy) is 1. The number of carbonyl (C=O) groups excluding carboxylic acids is 1. The normalized spacial score (nSPS) is 24.2. The minimum absolute atomic E-state index is 0.0284. The van der Waals surface area contributed by atoms with Crippen molar-refractivity contribution < 1.29 is 19.4 Å². The van der Waals surface area contributed by atoms with Crippen molar-refractivity contribution in [1.29, 1.82) is 5.26 Å². The number of aromatic nitrogens is 3. The van der Waals surface area contributed by atoms with E-state index in [0.29, 0.717) is 58.4 Å². The Kier molecular flexibility index (Phi) is 5.64. The molecule has 1 aromatic carbocycles. The minimum Gasteiger partial charge on any atom is -0.618 e. The maximum atomic E-state index is 13.0. The predicted molar refractivity (Wildman–Crippen MR) is 129 cm³/mol. The van der Waals surface area contributed by atoms with Crippen LogP contribution in [0.1, 0.15) is 74.0 Å². The Labute approximate surface area is 203 Å². The molecular formula is C26H29N5O4. The highest BCUT2D eigenvalue weighted by atomic mass is 16.5. The number of amides is 1. The average Bonchev–Trinajstić information content (AvgIpc) is 3.62. The Morgan fingerprint density at radius 3 is 2.71 bits per heavy atom. The van der Waals surface area contributed by atoms with Crippen LogP contribution in [0, 0.1) is 22.0 Å². The third-order valence-electron chi connectivity index (χ3n) is 7.62. The summed E-state index contributed by atoms with van der Waals surface area (Å²) >= 11 is 0. The van der Waals surface area contributed by atoms with Crippen molar-refractivity contribution in [3.8, 4) is 11.8 Å². The number of pyridine rings is 1. The fourth-order valence-corrected chi connectivity index (χ4v) is 4.98. The van der Waals surface area contributed by atoms with Gasteiger partial charge in [-0.3, -0.25) is 4.79 Å². The lowest BCUT2D eigenvalue weighted by atomic mass is 9.70. The number of carbonyl (C=O) groups is 1. The van der Waals surface area contributed by atoms with Crippen molar-refractivity contribution in [1.82, 2.24) is 9.78 Å². The van der Waals surface area contributed by atoms with Crippen LogP contribution in [0.5, 0.6) is 5.75 Å². The zero-order valence-electron chi connectivity index (χ0n) is 20.0. The number of hydrogen-bond acceptors (Lipinski definition) is 6. The monoisotopic (exact) mass is 475 g/mol. The Hall–Kier alpha value is -3.64. The molecule has 9 nitrogen and oxygen atoms in total. The molecule has 9 heteroatoms. The largest absolute Gasteiger partial charge is 0.618 e. The van der Waals surface area contributed by atoms with Crippen molar-refractivity contribution in [3.63, 3.8) is 0 Å². The fraction of sp³-hybridized carbons (Fsp3) is 0.462. The van der Waals surface area contributed by atoms with E-state index in [2.05, 4.69) is 16.5 Å². The van der Waals surface area contributed by atoms with E-state index in [4.69, 9.17) is 4.74 Å². The molecule has 2 N–H and O–H groups in total. The molecule has 1 amide bonds. The van der Waals surface area contributed by atoms with Gasteiger partial charge in [0.25, 0.3) is 5.69 Å². The number of aliphatic hydroxyl groups is 1. The van der Waals surface area contributed by atoms with Crippen molar-refractivity contribution in [2.75, 3.05) is 12.4 Å². The third-order valence-corrected chi connectivity index (χ3v) is 7.62. The van der Waals surface area contributed by atoms with Gasteiger partial charge in [0.05, 0.1) is 29.8 Å². The van der Waals surface area contributed by atoms with E-state index in [1.165, 1.54) is 13.2 Å². The van der Waals surface area contributed by atoms with Gasteiger partial charge in [0.2, 0.25) is 0 Å². The number of methoxy groups -OCH3 is 1. The summed E-state index contributed by atoms with van der Waals surface area (Å²) in [4.78, 5) is 13.0. The first-order valence-electron chi connectivity index (χ1n) is 12.1. The summed E-state index contributed by atoms with van der Waals surface area (Å²) in [6.45, 7) is 2.01. The molecule has 2 saturated carbocycles. The van der Waals surface area contributed by atoms with E-state index in [-0.39, 0.29) is 11.6 Å². The van der Waals surface area contributed by atoms with Gasteiger partial charge in [-0.15, -0.1) is 0 Å². The summed E-state index contributed by atoms with van der Waals surface area (Å²) in [6.07, 6.45) is 6.51. The van der Waals surface area contributed by atoms with Crippen LogP contribution in [0.25, 0.3) is 10.9 Å². The van der Waals surface area contributed by atoms with E-state index in [1.54, 1.807) is 35.1 Å². The molecule has 0 atom stereocenters. The van der Waals surface area contributed by atoms with Crippen LogP contribution in [0.3, 0.4) is 0 Å². The minimum atomic E-state index is -1.18. The number of rotatable bonds is 6. The first-order chi connectivity index (χ1) is 16.8. The van der Waals surface area contributed by atoms with Gasteiger partial charge in [-0.25, -0.2) is 4.68 Å².